The summed E-state index contributed by atoms with van der Waals surface area (Å²) >= 11 is 0. The minimum Gasteiger partial charge on any atom is -0.444 e. The minimum absolute atomic E-state index is 0.0435. The van der Waals surface area contributed by atoms with Gasteiger partial charge in [-0.2, -0.15) is 0 Å². The van der Waals surface area contributed by atoms with Crippen LogP contribution in [0.3, 0.4) is 0 Å². The van der Waals surface area contributed by atoms with Gasteiger partial charge in [0, 0.05) is 47.8 Å². The normalized spacial score (nSPS) is 20.6. The molecular weight excluding hydrogens is 500 g/mol. The summed E-state index contributed by atoms with van der Waals surface area (Å²) in [5.74, 6) is -0.0435. The number of aryl methyl sites for hydroxylation is 3. The third kappa shape index (κ3) is 7.43. The number of nitrogens with one attached hydrogen (secondary N) is 2. The summed E-state index contributed by atoms with van der Waals surface area (Å²) in [6, 6.07) is 8.74. The quantitative estimate of drug-likeness (QED) is 0.438. The van der Waals surface area contributed by atoms with Gasteiger partial charge in [-0.1, -0.05) is 18.2 Å². The zero-order valence-corrected chi connectivity index (χ0v) is 25.1. The van der Waals surface area contributed by atoms with Gasteiger partial charge in [0.1, 0.15) is 5.60 Å². The number of amides is 2. The first-order chi connectivity index (χ1) is 19.1. The van der Waals surface area contributed by atoms with Crippen molar-refractivity contribution in [3.63, 3.8) is 0 Å². The van der Waals surface area contributed by atoms with Crippen LogP contribution >= 0.6 is 0 Å². The number of aromatic nitrogens is 1. The molecule has 7 nitrogen and oxygen atoms in total. The van der Waals surface area contributed by atoms with Gasteiger partial charge in [-0.25, -0.2) is 4.79 Å². The van der Waals surface area contributed by atoms with Crippen LogP contribution in [0.25, 0.3) is 0 Å². The van der Waals surface area contributed by atoms with Crippen molar-refractivity contribution in [1.29, 1.82) is 0 Å². The first kappa shape index (κ1) is 29.6. The van der Waals surface area contributed by atoms with Crippen LogP contribution in [0, 0.1) is 13.8 Å². The smallest absolute Gasteiger partial charge is 0.407 e. The molecule has 216 valence electrons. The van der Waals surface area contributed by atoms with E-state index in [1.165, 1.54) is 5.56 Å². The Labute approximate surface area is 239 Å². The maximum atomic E-state index is 13.6. The maximum absolute atomic E-state index is 13.6. The number of benzene rings is 1. The molecule has 2 heterocycles. The molecule has 1 aromatic heterocycles. The molecule has 0 saturated heterocycles. The Bertz CT molecular complexity index is 1240. The molecule has 40 heavy (non-hydrogen) atoms. The summed E-state index contributed by atoms with van der Waals surface area (Å²) < 4.78 is 5.46. The lowest BCUT2D eigenvalue weighted by molar-refractivity contribution is 0.0491. The van der Waals surface area contributed by atoms with E-state index in [0.29, 0.717) is 19.0 Å². The Morgan fingerprint density at radius 3 is 2.58 bits per heavy atom. The summed E-state index contributed by atoms with van der Waals surface area (Å²) in [6.07, 6.45) is 10.5. The van der Waals surface area contributed by atoms with E-state index in [4.69, 9.17) is 4.74 Å². The molecule has 0 bridgehead atoms. The summed E-state index contributed by atoms with van der Waals surface area (Å²) in [5.41, 5.74) is 6.83. The van der Waals surface area contributed by atoms with Gasteiger partial charge in [-0.05, 0) is 121 Å². The number of anilines is 1. The van der Waals surface area contributed by atoms with Crippen molar-refractivity contribution in [2.45, 2.75) is 111 Å². The zero-order chi connectivity index (χ0) is 28.9. The molecule has 1 aliphatic carbocycles. The first-order valence-electron chi connectivity index (χ1n) is 14.8. The van der Waals surface area contributed by atoms with E-state index in [1.54, 1.807) is 0 Å². The van der Waals surface area contributed by atoms with E-state index in [0.717, 1.165) is 78.8 Å². The van der Waals surface area contributed by atoms with Crippen molar-refractivity contribution in [3.05, 3.63) is 70.1 Å². The molecular formula is C33H46N4O3. The van der Waals surface area contributed by atoms with Crippen LogP contribution in [0.5, 0.6) is 0 Å². The topological polar surface area (TPSA) is 83.6 Å². The zero-order valence-electron chi connectivity index (χ0n) is 25.1. The van der Waals surface area contributed by atoms with Gasteiger partial charge >= 0.3 is 6.09 Å². The molecule has 2 amide bonds. The van der Waals surface area contributed by atoms with Crippen LogP contribution in [0.1, 0.15) is 98.2 Å². The van der Waals surface area contributed by atoms with E-state index < -0.39 is 5.60 Å². The van der Waals surface area contributed by atoms with Gasteiger partial charge in [-0.15, -0.1) is 0 Å². The van der Waals surface area contributed by atoms with Crippen LogP contribution in [0.2, 0.25) is 0 Å². The van der Waals surface area contributed by atoms with Crippen molar-refractivity contribution in [3.8, 4) is 0 Å². The molecule has 1 saturated carbocycles. The molecule has 7 heteroatoms. The van der Waals surface area contributed by atoms with Gasteiger partial charge in [0.05, 0.1) is 0 Å². The highest BCUT2D eigenvalue weighted by Crippen LogP contribution is 2.32. The predicted molar refractivity (Wildman–Crippen MR) is 161 cm³/mol. The van der Waals surface area contributed by atoms with Crippen LogP contribution < -0.4 is 15.5 Å². The Hall–Kier alpha value is -3.35. The van der Waals surface area contributed by atoms with E-state index in [2.05, 4.69) is 51.7 Å². The molecule has 0 unspecified atom stereocenters. The number of fused-ring (bicyclic) bond motifs is 2. The highest BCUT2D eigenvalue weighted by molar-refractivity contribution is 5.97. The third-order valence-electron chi connectivity index (χ3n) is 7.95. The van der Waals surface area contributed by atoms with Crippen LogP contribution in [0.4, 0.5) is 10.5 Å². The lowest BCUT2D eigenvalue weighted by atomic mass is 9.89. The average molecular weight is 547 g/mol. The number of rotatable bonds is 4. The van der Waals surface area contributed by atoms with Gasteiger partial charge in [0.25, 0.3) is 5.91 Å². The lowest BCUT2D eigenvalue weighted by Crippen LogP contribution is -2.45. The Balaban J connectivity index is 1.53. The average Bonchev–Trinajstić information content (AvgIpc) is 2.87. The van der Waals surface area contributed by atoms with Crippen LogP contribution in [-0.4, -0.2) is 41.2 Å². The number of nitrogens with zero attached hydrogens (tertiary/aromatic N) is 2. The number of carbonyl (C=O) groups is 2. The third-order valence-corrected chi connectivity index (χ3v) is 7.95. The maximum Gasteiger partial charge on any atom is 0.407 e. The van der Waals surface area contributed by atoms with Gasteiger partial charge in [0.2, 0.25) is 0 Å². The van der Waals surface area contributed by atoms with E-state index in [-0.39, 0.29) is 18.0 Å². The number of ether oxygens (including phenoxy) is 1. The second-order valence-corrected chi connectivity index (χ2v) is 12.1. The van der Waals surface area contributed by atoms with Crippen molar-refractivity contribution < 1.29 is 14.3 Å². The fourth-order valence-corrected chi connectivity index (χ4v) is 6.12. The minimum atomic E-state index is -0.501. The fraction of sp³-hybridized carbons (Fsp3) is 0.545. The van der Waals surface area contributed by atoms with Gasteiger partial charge in [0.15, 0.2) is 0 Å². The second kappa shape index (κ2) is 12.9. The number of alkyl carbamates (subject to hydrolysis) is 1. The summed E-state index contributed by atoms with van der Waals surface area (Å²) in [7, 11) is 0. The molecule has 0 atom stereocenters. The van der Waals surface area contributed by atoms with Gasteiger partial charge in [-0.3, -0.25) is 9.78 Å². The van der Waals surface area contributed by atoms with Crippen LogP contribution in [-0.2, 0) is 24.1 Å². The Kier molecular flexibility index (Phi) is 9.54. The van der Waals surface area contributed by atoms with Crippen molar-refractivity contribution in [2.24, 2.45) is 0 Å². The number of carbonyl (C=O) groups excluding carboxylic acids is 2. The summed E-state index contributed by atoms with van der Waals surface area (Å²) in [6.45, 7) is 13.2. The van der Waals surface area contributed by atoms with Crippen LogP contribution in [0.15, 0.2) is 36.4 Å². The second-order valence-electron chi connectivity index (χ2n) is 12.1. The highest BCUT2D eigenvalue weighted by Gasteiger charge is 2.29. The predicted octanol–water partition coefficient (Wildman–Crippen LogP) is 6.34. The summed E-state index contributed by atoms with van der Waals surface area (Å²) in [5, 5.41) is 6.26. The van der Waals surface area contributed by atoms with E-state index >= 15 is 0 Å². The number of allylic oxidation sites excluding steroid dienone is 2. The Morgan fingerprint density at radius 2 is 1.88 bits per heavy atom. The Morgan fingerprint density at radius 1 is 1.12 bits per heavy atom. The SMILES string of the molecule is CCN(c1cccc2c1C/C=C\CCc1cc(C)nc(C)c1CNC2=O)[C@H]1CC[C@@H](NC(=O)OC(C)(C)C)CC1. The molecule has 0 spiro atoms. The molecule has 2 aromatic rings. The van der Waals surface area contributed by atoms with E-state index in [9.17, 15) is 9.59 Å². The molecule has 1 aliphatic heterocycles. The van der Waals surface area contributed by atoms with Crippen molar-refractivity contribution >= 4 is 17.7 Å². The van der Waals surface area contributed by atoms with Gasteiger partial charge < -0.3 is 20.3 Å². The van der Waals surface area contributed by atoms with E-state index in [1.807, 2.05) is 46.8 Å². The molecule has 0 radical (unpaired) electrons. The molecule has 1 aromatic carbocycles. The molecule has 2 N–H and O–H groups in total. The first-order valence-corrected chi connectivity index (χ1v) is 14.8. The number of hydrogen-bond donors (Lipinski definition) is 2. The van der Waals surface area contributed by atoms with Crippen molar-refractivity contribution in [1.82, 2.24) is 15.6 Å². The largest absolute Gasteiger partial charge is 0.444 e. The lowest BCUT2D eigenvalue weighted by Gasteiger charge is -2.39. The number of hydrogen-bond acceptors (Lipinski definition) is 5. The highest BCUT2D eigenvalue weighted by atomic mass is 16.6. The fourth-order valence-electron chi connectivity index (χ4n) is 6.12. The standard InChI is InChI=1S/C33H46N4O3/c1-7-37(26-18-16-25(17-19-26)36-32(39)40-33(4,5)6)30-15-11-14-28-27(30)13-10-8-9-12-24-20-22(2)35-23(3)29(24)21-34-31(28)38/h8,10-11,14-15,20,25-26H,7,9,12-13,16-19,21H2,1-6H3,(H,34,38)(H,36,39)/b10-8-/t25-,26+. The monoisotopic (exact) mass is 546 g/mol. The molecule has 2 aliphatic rings. The molecule has 4 rings (SSSR count). The number of pyridine rings is 1. The van der Waals surface area contributed by atoms with Crippen molar-refractivity contribution in [2.75, 3.05) is 11.4 Å². The molecule has 1 fully saturated rings. The summed E-state index contributed by atoms with van der Waals surface area (Å²) in [4.78, 5) is 33.0.